The first kappa shape index (κ1) is 18.3. The molecule has 4 rings (SSSR count). The Morgan fingerprint density at radius 1 is 0.893 bits per heavy atom. The van der Waals surface area contributed by atoms with E-state index in [2.05, 4.69) is 56.9 Å². The van der Waals surface area contributed by atoms with Gasteiger partial charge in [-0.2, -0.15) is 15.1 Å². The van der Waals surface area contributed by atoms with Gasteiger partial charge < -0.3 is 10.6 Å². The van der Waals surface area contributed by atoms with Gasteiger partial charge in [0.25, 0.3) is 0 Å². The van der Waals surface area contributed by atoms with Crippen molar-refractivity contribution in [2.75, 3.05) is 10.6 Å². The Morgan fingerprint density at radius 2 is 1.54 bits per heavy atom. The third-order valence-corrected chi connectivity index (χ3v) is 4.79. The molecule has 0 bridgehead atoms. The van der Waals surface area contributed by atoms with Gasteiger partial charge in [0.05, 0.1) is 11.6 Å². The largest absolute Gasteiger partial charge is 0.365 e. The lowest BCUT2D eigenvalue weighted by atomic mass is 10.1. The zero-order valence-corrected chi connectivity index (χ0v) is 16.5. The summed E-state index contributed by atoms with van der Waals surface area (Å²) < 4.78 is 1.75. The van der Waals surface area contributed by atoms with Crippen molar-refractivity contribution in [1.29, 1.82) is 0 Å². The van der Waals surface area contributed by atoms with Gasteiger partial charge in [-0.05, 0) is 30.2 Å². The maximum absolute atomic E-state index is 5.96. The minimum absolute atomic E-state index is 0.565. The maximum atomic E-state index is 5.96. The molecule has 0 aliphatic carbocycles. The van der Waals surface area contributed by atoms with Crippen molar-refractivity contribution in [2.24, 2.45) is 7.05 Å². The van der Waals surface area contributed by atoms with E-state index >= 15 is 0 Å². The van der Waals surface area contributed by atoms with Gasteiger partial charge in [0.1, 0.15) is 5.82 Å². The highest BCUT2D eigenvalue weighted by Crippen LogP contribution is 2.22. The summed E-state index contributed by atoms with van der Waals surface area (Å²) in [4.78, 5) is 9.28. The Bertz CT molecular complexity index is 1090. The molecule has 0 radical (unpaired) electrons. The van der Waals surface area contributed by atoms with E-state index in [1.165, 1.54) is 11.1 Å². The van der Waals surface area contributed by atoms with E-state index in [1.807, 2.05) is 31.3 Å². The number of nitrogens with one attached hydrogen (secondary N) is 2. The molecule has 28 heavy (non-hydrogen) atoms. The van der Waals surface area contributed by atoms with Gasteiger partial charge in [0, 0.05) is 25.2 Å². The minimum atomic E-state index is 0.565. The summed E-state index contributed by atoms with van der Waals surface area (Å²) in [6.45, 7) is 3.37. The molecule has 7 heteroatoms. The molecular weight excluding hydrogens is 372 g/mol. The first-order valence-electron chi connectivity index (χ1n) is 9.06. The fourth-order valence-electron chi connectivity index (χ4n) is 2.91. The van der Waals surface area contributed by atoms with E-state index < -0.39 is 0 Å². The van der Waals surface area contributed by atoms with Gasteiger partial charge in [0.15, 0.2) is 5.65 Å². The molecule has 0 aliphatic heterocycles. The molecule has 2 aromatic carbocycles. The molecule has 6 nitrogen and oxygen atoms in total. The van der Waals surface area contributed by atoms with Crippen molar-refractivity contribution in [1.82, 2.24) is 19.7 Å². The zero-order chi connectivity index (χ0) is 19.5. The first-order valence-corrected chi connectivity index (χ1v) is 9.44. The predicted molar refractivity (Wildman–Crippen MR) is 114 cm³/mol. The molecule has 0 fully saturated rings. The van der Waals surface area contributed by atoms with Gasteiger partial charge in [0.2, 0.25) is 5.95 Å². The molecule has 0 atom stereocenters. The SMILES string of the molecule is Cc1ccc(CNc2nc(NCc3ccc(Cl)cc3)c3cnn(C)c3n2)cc1. The van der Waals surface area contributed by atoms with Crippen LogP contribution in [-0.4, -0.2) is 19.7 Å². The molecule has 2 heterocycles. The summed E-state index contributed by atoms with van der Waals surface area (Å²) in [6, 6.07) is 16.2. The number of anilines is 2. The van der Waals surface area contributed by atoms with Crippen LogP contribution in [0.15, 0.2) is 54.7 Å². The van der Waals surface area contributed by atoms with Gasteiger partial charge >= 0.3 is 0 Å². The Balaban J connectivity index is 1.56. The summed E-state index contributed by atoms with van der Waals surface area (Å²) in [5, 5.41) is 12.6. The van der Waals surface area contributed by atoms with Crippen LogP contribution in [0.5, 0.6) is 0 Å². The average Bonchev–Trinajstić information content (AvgIpc) is 3.08. The van der Waals surface area contributed by atoms with Gasteiger partial charge in [-0.15, -0.1) is 0 Å². The smallest absolute Gasteiger partial charge is 0.226 e. The van der Waals surface area contributed by atoms with E-state index in [0.29, 0.717) is 19.0 Å². The number of benzene rings is 2. The summed E-state index contributed by atoms with van der Waals surface area (Å²) >= 11 is 5.96. The fraction of sp³-hybridized carbons (Fsp3) is 0.190. The second-order valence-electron chi connectivity index (χ2n) is 6.72. The lowest BCUT2D eigenvalue weighted by Gasteiger charge is -2.11. The van der Waals surface area contributed by atoms with E-state index in [-0.39, 0.29) is 0 Å². The molecule has 2 aromatic heterocycles. The Hall–Kier alpha value is -3.12. The van der Waals surface area contributed by atoms with Crippen LogP contribution < -0.4 is 10.6 Å². The number of hydrogen-bond donors (Lipinski definition) is 2. The van der Waals surface area contributed by atoms with Crippen LogP contribution in [-0.2, 0) is 20.1 Å². The first-order chi connectivity index (χ1) is 13.6. The summed E-state index contributed by atoms with van der Waals surface area (Å²) in [5.41, 5.74) is 4.31. The van der Waals surface area contributed by atoms with E-state index in [0.717, 1.165) is 27.4 Å². The number of nitrogens with zero attached hydrogens (tertiary/aromatic N) is 4. The van der Waals surface area contributed by atoms with Crippen LogP contribution in [0.3, 0.4) is 0 Å². The van der Waals surface area contributed by atoms with E-state index in [4.69, 9.17) is 11.6 Å². The quantitative estimate of drug-likeness (QED) is 0.504. The molecule has 2 N–H and O–H groups in total. The third kappa shape index (κ3) is 4.07. The molecule has 0 saturated carbocycles. The summed E-state index contributed by atoms with van der Waals surface area (Å²) in [5.74, 6) is 1.31. The van der Waals surface area contributed by atoms with Crippen LogP contribution >= 0.6 is 11.6 Å². The number of hydrogen-bond acceptors (Lipinski definition) is 5. The molecular formula is C21H21ClN6. The highest BCUT2D eigenvalue weighted by Gasteiger charge is 2.11. The lowest BCUT2D eigenvalue weighted by molar-refractivity contribution is 0.785. The van der Waals surface area contributed by atoms with Crippen molar-refractivity contribution in [3.8, 4) is 0 Å². The van der Waals surface area contributed by atoms with Crippen molar-refractivity contribution in [3.63, 3.8) is 0 Å². The summed E-state index contributed by atoms with van der Waals surface area (Å²) in [7, 11) is 1.88. The number of aromatic nitrogens is 4. The van der Waals surface area contributed by atoms with Crippen LogP contribution in [0.1, 0.15) is 16.7 Å². The predicted octanol–water partition coefficient (Wildman–Crippen LogP) is 4.55. The second-order valence-corrected chi connectivity index (χ2v) is 7.16. The lowest BCUT2D eigenvalue weighted by Crippen LogP contribution is -2.08. The normalized spacial score (nSPS) is 11.0. The van der Waals surface area contributed by atoms with Crippen LogP contribution in [0, 0.1) is 6.92 Å². The van der Waals surface area contributed by atoms with E-state index in [9.17, 15) is 0 Å². The van der Waals surface area contributed by atoms with Crippen molar-refractivity contribution in [2.45, 2.75) is 20.0 Å². The van der Waals surface area contributed by atoms with Crippen molar-refractivity contribution in [3.05, 3.63) is 76.4 Å². The number of halogens is 1. The molecule has 142 valence electrons. The Labute approximate surface area is 168 Å². The van der Waals surface area contributed by atoms with Gasteiger partial charge in [-0.3, -0.25) is 4.68 Å². The van der Waals surface area contributed by atoms with Crippen LogP contribution in [0.4, 0.5) is 11.8 Å². The monoisotopic (exact) mass is 392 g/mol. The molecule has 0 spiro atoms. The minimum Gasteiger partial charge on any atom is -0.365 e. The molecule has 0 saturated heterocycles. The maximum Gasteiger partial charge on any atom is 0.226 e. The Morgan fingerprint density at radius 3 is 2.25 bits per heavy atom. The highest BCUT2D eigenvalue weighted by molar-refractivity contribution is 6.30. The third-order valence-electron chi connectivity index (χ3n) is 4.54. The summed E-state index contributed by atoms with van der Waals surface area (Å²) in [6.07, 6.45) is 1.78. The van der Waals surface area contributed by atoms with Crippen LogP contribution in [0.25, 0.3) is 11.0 Å². The fourth-order valence-corrected chi connectivity index (χ4v) is 3.04. The number of aryl methyl sites for hydroxylation is 2. The number of fused-ring (bicyclic) bond motifs is 1. The molecule has 0 unspecified atom stereocenters. The van der Waals surface area contributed by atoms with Crippen molar-refractivity contribution < 1.29 is 0 Å². The molecule has 4 aromatic rings. The zero-order valence-electron chi connectivity index (χ0n) is 15.8. The Kier molecular flexibility index (Phi) is 5.12. The van der Waals surface area contributed by atoms with Crippen molar-refractivity contribution >= 4 is 34.4 Å². The topological polar surface area (TPSA) is 67.7 Å². The molecule has 0 amide bonds. The second kappa shape index (κ2) is 7.86. The molecule has 0 aliphatic rings. The van der Waals surface area contributed by atoms with Gasteiger partial charge in [-0.1, -0.05) is 53.6 Å². The van der Waals surface area contributed by atoms with Crippen LogP contribution in [0.2, 0.25) is 5.02 Å². The van der Waals surface area contributed by atoms with E-state index in [1.54, 1.807) is 10.9 Å². The average molecular weight is 393 g/mol. The standard InChI is InChI=1S/C21H21ClN6/c1-14-3-5-15(6-4-14)12-24-21-26-19(18-13-25-28(2)20(18)27-21)23-11-16-7-9-17(22)10-8-16/h3-10,13H,11-12H2,1-2H3,(H2,23,24,26,27). The van der Waals surface area contributed by atoms with Gasteiger partial charge in [-0.25, -0.2) is 0 Å². The number of rotatable bonds is 6. The highest BCUT2D eigenvalue weighted by atomic mass is 35.5.